The summed E-state index contributed by atoms with van der Waals surface area (Å²) in [5.74, 6) is 7.01. The second-order valence-corrected chi connectivity index (χ2v) is 6.89. The van der Waals surface area contributed by atoms with Crippen LogP contribution in [0.5, 0.6) is 0 Å². The maximum absolute atomic E-state index is 12.3. The molecule has 0 radical (unpaired) electrons. The lowest BCUT2D eigenvalue weighted by Crippen LogP contribution is -2.39. The SMILES string of the molecule is Cc1cc(C#CCN)cc(C(=O)NC2CCS(=O)CC2)c1. The molecule has 5 heteroatoms. The van der Waals surface area contributed by atoms with Crippen molar-refractivity contribution in [1.29, 1.82) is 0 Å². The molecule has 4 nitrogen and oxygen atoms in total. The van der Waals surface area contributed by atoms with Gasteiger partial charge in [-0.15, -0.1) is 0 Å². The number of carbonyl (C=O) groups is 1. The Morgan fingerprint density at radius 2 is 2.10 bits per heavy atom. The van der Waals surface area contributed by atoms with Gasteiger partial charge in [0.1, 0.15) is 0 Å². The Bertz CT molecular complexity index is 606. The first-order valence-corrected chi connectivity index (χ1v) is 8.54. The summed E-state index contributed by atoms with van der Waals surface area (Å²) < 4.78 is 11.3. The summed E-state index contributed by atoms with van der Waals surface area (Å²) in [6, 6.07) is 5.69. The van der Waals surface area contributed by atoms with Crippen molar-refractivity contribution in [3.63, 3.8) is 0 Å². The molecule has 0 bridgehead atoms. The normalized spacial score (nSPS) is 21.2. The summed E-state index contributed by atoms with van der Waals surface area (Å²) >= 11 is 0. The maximum Gasteiger partial charge on any atom is 0.251 e. The number of nitrogens with one attached hydrogen (secondary N) is 1. The molecule has 0 aliphatic carbocycles. The number of hydrogen-bond donors (Lipinski definition) is 2. The number of hydrogen-bond acceptors (Lipinski definition) is 3. The average Bonchev–Trinajstić information content (AvgIpc) is 2.47. The van der Waals surface area contributed by atoms with Gasteiger partial charge in [-0.1, -0.05) is 11.8 Å². The van der Waals surface area contributed by atoms with E-state index in [-0.39, 0.29) is 11.9 Å². The van der Waals surface area contributed by atoms with Gasteiger partial charge in [0.2, 0.25) is 0 Å². The molecule has 1 aliphatic heterocycles. The molecular formula is C16H20N2O2S. The summed E-state index contributed by atoms with van der Waals surface area (Å²) in [5.41, 5.74) is 7.78. The van der Waals surface area contributed by atoms with Crippen LogP contribution in [0.3, 0.4) is 0 Å². The fourth-order valence-electron chi connectivity index (χ4n) is 2.35. The number of amides is 1. The third-order valence-corrected chi connectivity index (χ3v) is 4.78. The Kier molecular flexibility index (Phi) is 5.54. The van der Waals surface area contributed by atoms with Crippen LogP contribution in [0.4, 0.5) is 0 Å². The summed E-state index contributed by atoms with van der Waals surface area (Å²) in [7, 11) is -0.713. The van der Waals surface area contributed by atoms with E-state index in [9.17, 15) is 9.00 Å². The fourth-order valence-corrected chi connectivity index (χ4v) is 3.65. The van der Waals surface area contributed by atoms with Crippen LogP contribution in [-0.4, -0.2) is 34.2 Å². The van der Waals surface area contributed by atoms with Crippen molar-refractivity contribution in [3.8, 4) is 11.8 Å². The molecule has 0 unspecified atom stereocenters. The highest BCUT2D eigenvalue weighted by molar-refractivity contribution is 7.85. The first-order chi connectivity index (χ1) is 10.1. The molecule has 1 aromatic rings. The third kappa shape index (κ3) is 4.69. The molecule has 1 amide bonds. The zero-order chi connectivity index (χ0) is 15.2. The number of benzene rings is 1. The van der Waals surface area contributed by atoms with Gasteiger partial charge in [0.15, 0.2) is 0 Å². The minimum Gasteiger partial charge on any atom is -0.349 e. The minimum atomic E-state index is -0.713. The Morgan fingerprint density at radius 1 is 1.38 bits per heavy atom. The predicted octanol–water partition coefficient (Wildman–Crippen LogP) is 0.946. The van der Waals surface area contributed by atoms with Crippen LogP contribution in [0.1, 0.15) is 34.3 Å². The summed E-state index contributed by atoms with van der Waals surface area (Å²) in [5, 5.41) is 3.02. The quantitative estimate of drug-likeness (QED) is 0.799. The van der Waals surface area contributed by atoms with E-state index in [1.807, 2.05) is 19.1 Å². The number of aryl methyl sites for hydroxylation is 1. The molecule has 1 aliphatic rings. The summed E-state index contributed by atoms with van der Waals surface area (Å²) in [6.07, 6.45) is 1.56. The van der Waals surface area contributed by atoms with Crippen molar-refractivity contribution in [2.75, 3.05) is 18.1 Å². The lowest BCUT2D eigenvalue weighted by Gasteiger charge is -2.22. The highest BCUT2D eigenvalue weighted by atomic mass is 32.2. The van der Waals surface area contributed by atoms with Gasteiger partial charge in [-0.2, -0.15) is 0 Å². The van der Waals surface area contributed by atoms with Gasteiger partial charge >= 0.3 is 0 Å². The highest BCUT2D eigenvalue weighted by Gasteiger charge is 2.20. The second-order valence-electron chi connectivity index (χ2n) is 5.19. The Balaban J connectivity index is 2.08. The molecule has 21 heavy (non-hydrogen) atoms. The zero-order valence-electron chi connectivity index (χ0n) is 12.1. The summed E-state index contributed by atoms with van der Waals surface area (Å²) in [6.45, 7) is 2.24. The van der Waals surface area contributed by atoms with E-state index in [2.05, 4.69) is 17.2 Å². The van der Waals surface area contributed by atoms with E-state index >= 15 is 0 Å². The molecule has 1 saturated heterocycles. The molecule has 3 N–H and O–H groups in total. The molecule has 0 atom stereocenters. The van der Waals surface area contributed by atoms with E-state index < -0.39 is 10.8 Å². The third-order valence-electron chi connectivity index (χ3n) is 3.40. The standard InChI is InChI=1S/C16H20N2O2S/c1-12-9-13(3-2-6-17)11-14(10-12)16(19)18-15-4-7-21(20)8-5-15/h9-11,15H,4-8,17H2,1H3,(H,18,19). The van der Waals surface area contributed by atoms with E-state index in [0.717, 1.165) is 24.0 Å². The van der Waals surface area contributed by atoms with Crippen molar-refractivity contribution in [2.24, 2.45) is 5.73 Å². The number of carbonyl (C=O) groups excluding carboxylic acids is 1. The molecule has 1 fully saturated rings. The van der Waals surface area contributed by atoms with Gasteiger partial charge < -0.3 is 11.1 Å². The molecule has 112 valence electrons. The van der Waals surface area contributed by atoms with Gasteiger partial charge in [-0.3, -0.25) is 9.00 Å². The van der Waals surface area contributed by atoms with Crippen LogP contribution in [-0.2, 0) is 10.8 Å². The molecule has 2 rings (SSSR count). The van der Waals surface area contributed by atoms with Gasteiger partial charge in [-0.25, -0.2) is 0 Å². The fraction of sp³-hybridized carbons (Fsp3) is 0.438. The van der Waals surface area contributed by atoms with Crippen LogP contribution in [0.25, 0.3) is 0 Å². The molecule has 1 heterocycles. The Hall–Kier alpha value is -1.64. The van der Waals surface area contributed by atoms with Crippen molar-refractivity contribution in [3.05, 3.63) is 34.9 Å². The zero-order valence-corrected chi connectivity index (χ0v) is 13.0. The number of nitrogens with two attached hydrogens (primary N) is 1. The van der Waals surface area contributed by atoms with Crippen molar-refractivity contribution < 1.29 is 9.00 Å². The highest BCUT2D eigenvalue weighted by Crippen LogP contribution is 2.12. The van der Waals surface area contributed by atoms with Crippen molar-refractivity contribution in [2.45, 2.75) is 25.8 Å². The Labute approximate surface area is 127 Å². The summed E-state index contributed by atoms with van der Waals surface area (Å²) in [4.78, 5) is 12.3. The average molecular weight is 304 g/mol. The number of rotatable bonds is 2. The van der Waals surface area contributed by atoms with E-state index in [1.54, 1.807) is 6.07 Å². The van der Waals surface area contributed by atoms with Gasteiger partial charge in [0.25, 0.3) is 5.91 Å². The smallest absolute Gasteiger partial charge is 0.251 e. The Morgan fingerprint density at radius 3 is 2.76 bits per heavy atom. The predicted molar refractivity (Wildman–Crippen MR) is 85.5 cm³/mol. The molecule has 0 spiro atoms. The first kappa shape index (κ1) is 15.7. The molecular weight excluding hydrogens is 284 g/mol. The molecule has 0 aromatic heterocycles. The largest absolute Gasteiger partial charge is 0.349 e. The van der Waals surface area contributed by atoms with Crippen LogP contribution >= 0.6 is 0 Å². The van der Waals surface area contributed by atoms with Crippen LogP contribution < -0.4 is 11.1 Å². The lowest BCUT2D eigenvalue weighted by molar-refractivity contribution is 0.0934. The maximum atomic E-state index is 12.3. The monoisotopic (exact) mass is 304 g/mol. The van der Waals surface area contributed by atoms with Gasteiger partial charge in [0, 0.05) is 39.5 Å². The lowest BCUT2D eigenvalue weighted by atomic mass is 10.0. The minimum absolute atomic E-state index is 0.0906. The topological polar surface area (TPSA) is 72.2 Å². The van der Waals surface area contributed by atoms with Gasteiger partial charge in [0.05, 0.1) is 6.54 Å². The van der Waals surface area contributed by atoms with Crippen LogP contribution in [0, 0.1) is 18.8 Å². The van der Waals surface area contributed by atoms with Crippen LogP contribution in [0.2, 0.25) is 0 Å². The van der Waals surface area contributed by atoms with Crippen molar-refractivity contribution >= 4 is 16.7 Å². The van der Waals surface area contributed by atoms with Gasteiger partial charge in [-0.05, 0) is 43.5 Å². The second kappa shape index (κ2) is 7.39. The van der Waals surface area contributed by atoms with Crippen LogP contribution in [0.15, 0.2) is 18.2 Å². The molecule has 0 saturated carbocycles. The van der Waals surface area contributed by atoms with E-state index in [4.69, 9.17) is 5.73 Å². The van der Waals surface area contributed by atoms with E-state index in [0.29, 0.717) is 23.6 Å². The van der Waals surface area contributed by atoms with E-state index in [1.165, 1.54) is 0 Å². The molecule has 1 aromatic carbocycles. The first-order valence-electron chi connectivity index (χ1n) is 7.05. The van der Waals surface area contributed by atoms with Crippen molar-refractivity contribution in [1.82, 2.24) is 5.32 Å².